The molecule has 27 heavy (non-hydrogen) atoms. The van der Waals surface area contributed by atoms with E-state index in [1.54, 1.807) is 33.7 Å². The van der Waals surface area contributed by atoms with E-state index in [1.165, 1.54) is 23.9 Å². The predicted octanol–water partition coefficient (Wildman–Crippen LogP) is 6.07. The summed E-state index contributed by atoms with van der Waals surface area (Å²) in [6.45, 7) is 0. The highest BCUT2D eigenvalue weighted by Crippen LogP contribution is 2.36. The molecule has 0 saturated carbocycles. The van der Waals surface area contributed by atoms with Crippen molar-refractivity contribution in [2.45, 2.75) is 17.4 Å². The van der Waals surface area contributed by atoms with Crippen LogP contribution in [0.15, 0.2) is 63.2 Å². The van der Waals surface area contributed by atoms with Crippen molar-refractivity contribution < 1.29 is 9.18 Å². The molecule has 8 heteroatoms. The molecule has 1 aromatic carbocycles. The lowest BCUT2D eigenvalue weighted by Gasteiger charge is -2.20. The first-order chi connectivity index (χ1) is 13.1. The van der Waals surface area contributed by atoms with E-state index in [9.17, 15) is 9.18 Å². The number of amides is 1. The average molecular weight is 437 g/mol. The number of benzene rings is 1. The Hall–Kier alpha value is -1.67. The van der Waals surface area contributed by atoms with E-state index >= 15 is 0 Å². The van der Waals surface area contributed by atoms with Gasteiger partial charge in [-0.2, -0.15) is 5.10 Å². The number of hydrogen-bond acceptors (Lipinski definition) is 5. The Bertz CT molecular complexity index is 973. The van der Waals surface area contributed by atoms with Gasteiger partial charge >= 0.3 is 0 Å². The van der Waals surface area contributed by atoms with Crippen LogP contribution in [0, 0.1) is 5.82 Å². The van der Waals surface area contributed by atoms with Gasteiger partial charge in [0.25, 0.3) is 5.91 Å². The standard InChI is InChI=1S/C19H14ClFN2OS3/c20-13-9-12(5-6-14(13)21)27-11-19(24)23-16(18-4-2-8-26-18)10-15(22-23)17-3-1-7-25-17/h1-9,16H,10-11H2. The lowest BCUT2D eigenvalue weighted by molar-refractivity contribution is -0.130. The van der Waals surface area contributed by atoms with Gasteiger partial charge in [-0.3, -0.25) is 4.79 Å². The van der Waals surface area contributed by atoms with E-state index in [0.29, 0.717) is 6.42 Å². The SMILES string of the molecule is O=C(CSc1ccc(F)c(Cl)c1)N1N=C(c2cccs2)CC1c1cccs1. The minimum absolute atomic E-state index is 0.0584. The molecule has 1 aliphatic rings. The first kappa shape index (κ1) is 18.7. The third-order valence-corrected chi connectivity index (χ3v) is 7.26. The summed E-state index contributed by atoms with van der Waals surface area (Å²) in [5.74, 6) is -0.328. The molecule has 0 radical (unpaired) electrons. The Morgan fingerprint density at radius 2 is 2.07 bits per heavy atom. The van der Waals surface area contributed by atoms with Crippen molar-refractivity contribution in [3.05, 3.63) is 73.8 Å². The van der Waals surface area contributed by atoms with Crippen molar-refractivity contribution in [3.63, 3.8) is 0 Å². The van der Waals surface area contributed by atoms with Gasteiger partial charge in [0.2, 0.25) is 0 Å². The zero-order chi connectivity index (χ0) is 18.8. The van der Waals surface area contributed by atoms with Crippen LogP contribution in [0.4, 0.5) is 4.39 Å². The molecule has 138 valence electrons. The fourth-order valence-electron chi connectivity index (χ4n) is 2.81. The predicted molar refractivity (Wildman–Crippen MR) is 112 cm³/mol. The Labute approximate surface area is 173 Å². The second-order valence-electron chi connectivity index (χ2n) is 5.86. The number of thiophene rings is 2. The van der Waals surface area contributed by atoms with Crippen LogP contribution in [0.5, 0.6) is 0 Å². The smallest absolute Gasteiger partial charge is 0.253 e. The quantitative estimate of drug-likeness (QED) is 0.454. The fraction of sp³-hybridized carbons (Fsp3) is 0.158. The van der Waals surface area contributed by atoms with E-state index in [1.807, 2.05) is 35.0 Å². The van der Waals surface area contributed by atoms with Crippen LogP contribution in [0.25, 0.3) is 0 Å². The molecule has 1 amide bonds. The lowest BCUT2D eigenvalue weighted by Crippen LogP contribution is -2.28. The number of halogens is 2. The highest BCUT2D eigenvalue weighted by Gasteiger charge is 2.33. The van der Waals surface area contributed by atoms with Gasteiger partial charge in [-0.05, 0) is 41.1 Å². The molecule has 0 fully saturated rings. The number of thioether (sulfide) groups is 1. The molecule has 3 nitrogen and oxygen atoms in total. The largest absolute Gasteiger partial charge is 0.272 e. The van der Waals surface area contributed by atoms with E-state index < -0.39 is 5.82 Å². The maximum atomic E-state index is 13.3. The van der Waals surface area contributed by atoms with Gasteiger partial charge in [-0.25, -0.2) is 9.40 Å². The van der Waals surface area contributed by atoms with E-state index in [0.717, 1.165) is 20.4 Å². The topological polar surface area (TPSA) is 32.7 Å². The van der Waals surface area contributed by atoms with Gasteiger partial charge in [0.15, 0.2) is 0 Å². The van der Waals surface area contributed by atoms with Gasteiger partial charge in [-0.1, -0.05) is 23.7 Å². The van der Waals surface area contributed by atoms with Gasteiger partial charge in [0, 0.05) is 16.2 Å². The van der Waals surface area contributed by atoms with Crippen LogP contribution in [0.3, 0.4) is 0 Å². The minimum Gasteiger partial charge on any atom is -0.272 e. The highest BCUT2D eigenvalue weighted by atomic mass is 35.5. The van der Waals surface area contributed by atoms with Gasteiger partial charge < -0.3 is 0 Å². The van der Waals surface area contributed by atoms with E-state index in [4.69, 9.17) is 11.6 Å². The number of hydrogen-bond donors (Lipinski definition) is 0. The van der Waals surface area contributed by atoms with Gasteiger partial charge in [-0.15, -0.1) is 34.4 Å². The second kappa shape index (κ2) is 8.14. The number of nitrogens with zero attached hydrogens (tertiary/aromatic N) is 2. The molecular weight excluding hydrogens is 423 g/mol. The maximum Gasteiger partial charge on any atom is 0.253 e. The monoisotopic (exact) mass is 436 g/mol. The van der Waals surface area contributed by atoms with Crippen molar-refractivity contribution in [3.8, 4) is 0 Å². The normalized spacial score (nSPS) is 16.6. The molecule has 0 bridgehead atoms. The number of hydrazone groups is 1. The number of rotatable bonds is 5. The van der Waals surface area contributed by atoms with E-state index in [-0.39, 0.29) is 22.7 Å². The summed E-state index contributed by atoms with van der Waals surface area (Å²) >= 11 is 10.4. The summed E-state index contributed by atoms with van der Waals surface area (Å²) in [6.07, 6.45) is 0.708. The molecule has 0 spiro atoms. The molecule has 3 heterocycles. The Kier molecular flexibility index (Phi) is 5.63. The Balaban J connectivity index is 1.52. The van der Waals surface area contributed by atoms with Crippen LogP contribution < -0.4 is 0 Å². The zero-order valence-electron chi connectivity index (χ0n) is 14.0. The summed E-state index contributed by atoms with van der Waals surface area (Å²) in [6, 6.07) is 12.4. The maximum absolute atomic E-state index is 13.3. The highest BCUT2D eigenvalue weighted by molar-refractivity contribution is 8.00. The molecule has 1 atom stereocenters. The van der Waals surface area contributed by atoms with Crippen LogP contribution >= 0.6 is 46.0 Å². The summed E-state index contributed by atoms with van der Waals surface area (Å²) in [5.41, 5.74) is 0.937. The first-order valence-corrected chi connectivity index (χ1v) is 11.3. The lowest BCUT2D eigenvalue weighted by atomic mass is 10.1. The molecule has 3 aromatic rings. The van der Waals surface area contributed by atoms with Crippen LogP contribution in [-0.2, 0) is 4.79 Å². The molecule has 0 saturated heterocycles. The number of carbonyl (C=O) groups is 1. The molecule has 1 unspecified atom stereocenters. The summed E-state index contributed by atoms with van der Waals surface area (Å²) < 4.78 is 13.3. The summed E-state index contributed by atoms with van der Waals surface area (Å²) in [5, 5.41) is 10.3. The Morgan fingerprint density at radius 1 is 1.26 bits per heavy atom. The van der Waals surface area contributed by atoms with Crippen LogP contribution in [0.1, 0.15) is 22.2 Å². The third-order valence-electron chi connectivity index (χ3n) is 4.10. The van der Waals surface area contributed by atoms with Gasteiger partial charge in [0.05, 0.1) is 27.4 Å². The van der Waals surface area contributed by atoms with Crippen molar-refractivity contribution in [1.29, 1.82) is 0 Å². The van der Waals surface area contributed by atoms with Crippen LogP contribution in [0.2, 0.25) is 5.02 Å². The summed E-state index contributed by atoms with van der Waals surface area (Å²) in [4.78, 5) is 15.9. The zero-order valence-corrected chi connectivity index (χ0v) is 17.2. The first-order valence-electron chi connectivity index (χ1n) is 8.16. The number of carbonyl (C=O) groups excluding carboxylic acids is 1. The minimum atomic E-state index is -0.463. The molecule has 2 aromatic heterocycles. The molecule has 1 aliphatic heterocycles. The average Bonchev–Trinajstić information content (AvgIpc) is 3.41. The van der Waals surface area contributed by atoms with Crippen molar-refractivity contribution in [2.24, 2.45) is 5.10 Å². The van der Waals surface area contributed by atoms with Crippen LogP contribution in [-0.4, -0.2) is 22.4 Å². The van der Waals surface area contributed by atoms with E-state index in [2.05, 4.69) is 5.10 Å². The fourth-order valence-corrected chi connectivity index (χ4v) is 5.38. The van der Waals surface area contributed by atoms with Crippen molar-refractivity contribution in [2.75, 3.05) is 5.75 Å². The van der Waals surface area contributed by atoms with Gasteiger partial charge in [0.1, 0.15) is 5.82 Å². The third kappa shape index (κ3) is 4.11. The van der Waals surface area contributed by atoms with Crippen molar-refractivity contribution in [1.82, 2.24) is 5.01 Å². The molecular formula is C19H14ClFN2OS3. The van der Waals surface area contributed by atoms with Crippen molar-refractivity contribution >= 4 is 57.7 Å². The molecule has 0 aliphatic carbocycles. The molecule has 4 rings (SSSR count). The molecule has 0 N–H and O–H groups in total. The Morgan fingerprint density at radius 3 is 2.78 bits per heavy atom. The second-order valence-corrected chi connectivity index (χ2v) is 9.25. The summed E-state index contributed by atoms with van der Waals surface area (Å²) in [7, 11) is 0.